The molecule has 1 saturated carbocycles. The van der Waals surface area contributed by atoms with E-state index in [1.165, 1.54) is 28.7 Å². The second-order valence-corrected chi connectivity index (χ2v) is 11.9. The van der Waals surface area contributed by atoms with Crippen LogP contribution in [0.2, 0.25) is 0 Å². The predicted molar refractivity (Wildman–Crippen MR) is 151 cm³/mol. The van der Waals surface area contributed by atoms with Gasteiger partial charge in [0.25, 0.3) is 0 Å². The molecule has 3 aromatic carbocycles. The van der Waals surface area contributed by atoms with E-state index in [9.17, 15) is 19.1 Å². The average molecular weight is 573 g/mol. The molecule has 0 radical (unpaired) electrons. The maximum atomic E-state index is 15.2. The fourth-order valence-corrected chi connectivity index (χ4v) is 7.40. The Morgan fingerprint density at radius 2 is 1.76 bits per heavy atom. The third-order valence-electron chi connectivity index (χ3n) is 8.52. The minimum absolute atomic E-state index is 0.0900. The molecule has 7 rings (SSSR count). The van der Waals surface area contributed by atoms with Gasteiger partial charge < -0.3 is 9.84 Å². The molecule has 0 saturated heterocycles. The van der Waals surface area contributed by atoms with Gasteiger partial charge in [-0.2, -0.15) is 0 Å². The largest absolute Gasteiger partial charge is 0.503 e. The Balaban J connectivity index is 1.33. The van der Waals surface area contributed by atoms with E-state index in [1.807, 2.05) is 59.6 Å². The number of hydrogen-bond acceptors (Lipinski definition) is 6. The number of ketones is 1. The van der Waals surface area contributed by atoms with Gasteiger partial charge in [0.1, 0.15) is 0 Å². The van der Waals surface area contributed by atoms with E-state index in [-0.39, 0.29) is 35.3 Å². The zero-order valence-electron chi connectivity index (χ0n) is 21.9. The highest BCUT2D eigenvalue weighted by atomic mass is 32.2. The maximum absolute atomic E-state index is 15.2. The third kappa shape index (κ3) is 4.18. The number of thioether (sulfide) groups is 1. The Bertz CT molecular complexity index is 1740. The summed E-state index contributed by atoms with van der Waals surface area (Å²) >= 11 is 1.43. The van der Waals surface area contributed by atoms with Gasteiger partial charge in [0.2, 0.25) is 5.43 Å². The number of benzene rings is 3. The van der Waals surface area contributed by atoms with Crippen LogP contribution in [0.5, 0.6) is 5.75 Å². The quantitative estimate of drug-likeness (QED) is 0.337. The Kier molecular flexibility index (Phi) is 6.24. The summed E-state index contributed by atoms with van der Waals surface area (Å²) in [5.41, 5.74) is 1.09. The summed E-state index contributed by atoms with van der Waals surface area (Å²) < 4.78 is 37.2. The number of fused-ring (bicyclic) bond motifs is 3. The smallest absolute Gasteiger partial charge is 0.224 e. The van der Waals surface area contributed by atoms with E-state index >= 15 is 4.39 Å². The number of carbonyl (C=O) groups excluding carboxylic acids is 1. The number of halogens is 2. The number of rotatable bonds is 5. The van der Waals surface area contributed by atoms with E-state index in [4.69, 9.17) is 4.74 Å². The molecule has 9 heteroatoms. The van der Waals surface area contributed by atoms with Crippen molar-refractivity contribution in [2.75, 3.05) is 18.2 Å². The van der Waals surface area contributed by atoms with Crippen molar-refractivity contribution in [3.8, 4) is 5.75 Å². The lowest BCUT2D eigenvalue weighted by Gasteiger charge is -2.43. The molecule has 1 N–H and O–H groups in total. The van der Waals surface area contributed by atoms with Crippen LogP contribution in [-0.2, 0) is 17.1 Å². The van der Waals surface area contributed by atoms with Crippen LogP contribution in [0, 0.1) is 23.0 Å². The predicted octanol–water partition coefficient (Wildman–Crippen LogP) is 5.58. The number of carbonyl (C=O) groups is 1. The van der Waals surface area contributed by atoms with E-state index in [0.29, 0.717) is 25.2 Å². The molecule has 208 valence electrons. The fourth-order valence-electron chi connectivity index (χ4n) is 6.28. The molecule has 4 aromatic rings. The molecule has 1 aliphatic carbocycles. The summed E-state index contributed by atoms with van der Waals surface area (Å²) in [4.78, 5) is 27.4. The number of Topliss-reactive ketones (excluding diaryl/α,β-unsaturated/α-hetero) is 1. The summed E-state index contributed by atoms with van der Waals surface area (Å²) in [5.74, 6) is -2.62. The molecular weight excluding hydrogens is 546 g/mol. The molecule has 3 heterocycles. The monoisotopic (exact) mass is 572 g/mol. The SMILES string of the molecule is O=C1c2c(O)c(=O)ccn2N(C2c3ccccc3SCc3c2ccc(F)c3F)CC12CC2COCc1ccccc1. The molecule has 1 fully saturated rings. The first-order chi connectivity index (χ1) is 19.9. The number of hydrogen-bond donors (Lipinski definition) is 1. The maximum Gasteiger partial charge on any atom is 0.224 e. The zero-order valence-corrected chi connectivity index (χ0v) is 22.7. The van der Waals surface area contributed by atoms with E-state index in [1.54, 1.807) is 6.07 Å². The van der Waals surface area contributed by atoms with Crippen molar-refractivity contribution in [3.63, 3.8) is 0 Å². The Morgan fingerprint density at radius 1 is 0.976 bits per heavy atom. The van der Waals surface area contributed by atoms with Crippen molar-refractivity contribution in [3.05, 3.63) is 129 Å². The van der Waals surface area contributed by atoms with Gasteiger partial charge in [0.05, 0.1) is 24.7 Å². The Labute approximate surface area is 239 Å². The van der Waals surface area contributed by atoms with Crippen LogP contribution in [0.25, 0.3) is 0 Å². The number of aromatic nitrogens is 1. The second-order valence-electron chi connectivity index (χ2n) is 10.9. The molecule has 0 bridgehead atoms. The molecule has 1 aromatic heterocycles. The van der Waals surface area contributed by atoms with E-state index in [2.05, 4.69) is 0 Å². The van der Waals surface area contributed by atoms with Crippen molar-refractivity contribution in [1.29, 1.82) is 0 Å². The van der Waals surface area contributed by atoms with Crippen molar-refractivity contribution < 1.29 is 23.4 Å². The zero-order chi connectivity index (χ0) is 28.3. The number of ether oxygens (including phenoxy) is 1. The Hall–Kier alpha value is -3.95. The minimum Gasteiger partial charge on any atom is -0.503 e. The lowest BCUT2D eigenvalue weighted by molar-refractivity contribution is 0.0748. The van der Waals surface area contributed by atoms with E-state index in [0.717, 1.165) is 22.1 Å². The molecule has 2 aliphatic heterocycles. The second kappa shape index (κ2) is 9.85. The Morgan fingerprint density at radius 3 is 2.59 bits per heavy atom. The van der Waals surface area contributed by atoms with Gasteiger partial charge in [-0.3, -0.25) is 19.3 Å². The van der Waals surface area contributed by atoms with Gasteiger partial charge in [-0.05, 0) is 41.2 Å². The first-order valence-electron chi connectivity index (χ1n) is 13.5. The van der Waals surface area contributed by atoms with Crippen molar-refractivity contribution in [1.82, 2.24) is 4.68 Å². The number of aromatic hydroxyl groups is 1. The first kappa shape index (κ1) is 26.0. The van der Waals surface area contributed by atoms with Crippen LogP contribution in [-0.4, -0.2) is 28.7 Å². The summed E-state index contributed by atoms with van der Waals surface area (Å²) in [7, 11) is 0. The minimum atomic E-state index is -0.918. The van der Waals surface area contributed by atoms with E-state index < -0.39 is 34.3 Å². The highest BCUT2D eigenvalue weighted by Gasteiger charge is 2.64. The molecule has 41 heavy (non-hydrogen) atoms. The molecule has 3 atom stereocenters. The highest BCUT2D eigenvalue weighted by Crippen LogP contribution is 2.58. The molecule has 0 amide bonds. The van der Waals surface area contributed by atoms with Crippen molar-refractivity contribution >= 4 is 17.5 Å². The molecule has 3 unspecified atom stereocenters. The van der Waals surface area contributed by atoms with Gasteiger partial charge in [0.15, 0.2) is 28.9 Å². The fraction of sp³-hybridized carbons (Fsp3) is 0.250. The lowest BCUT2D eigenvalue weighted by Crippen LogP contribution is -2.52. The number of nitrogens with zero attached hydrogens (tertiary/aromatic N) is 2. The molecular formula is C32H26F2N2O4S. The normalized spacial score (nSPS) is 22.6. The lowest BCUT2D eigenvalue weighted by atomic mass is 9.88. The van der Waals surface area contributed by atoms with Crippen LogP contribution in [0.1, 0.15) is 45.2 Å². The van der Waals surface area contributed by atoms with Gasteiger partial charge in [-0.1, -0.05) is 54.6 Å². The summed E-state index contributed by atoms with van der Waals surface area (Å²) in [6.07, 6.45) is 2.00. The van der Waals surface area contributed by atoms with Gasteiger partial charge in [0, 0.05) is 35.0 Å². The van der Waals surface area contributed by atoms with Crippen LogP contribution in [0.4, 0.5) is 8.78 Å². The van der Waals surface area contributed by atoms with Crippen LogP contribution in [0.3, 0.4) is 0 Å². The molecule has 6 nitrogen and oxygen atoms in total. The summed E-state index contributed by atoms with van der Waals surface area (Å²) in [6.45, 7) is 0.987. The van der Waals surface area contributed by atoms with Crippen molar-refractivity contribution in [2.24, 2.45) is 11.3 Å². The average Bonchev–Trinajstić information content (AvgIpc) is 3.71. The van der Waals surface area contributed by atoms with Crippen LogP contribution in [0.15, 0.2) is 88.7 Å². The van der Waals surface area contributed by atoms with Crippen molar-refractivity contribution in [2.45, 2.75) is 29.7 Å². The highest BCUT2D eigenvalue weighted by molar-refractivity contribution is 7.98. The first-order valence-corrected chi connectivity index (χ1v) is 14.4. The number of pyridine rings is 1. The van der Waals surface area contributed by atoms with Crippen LogP contribution >= 0.6 is 11.8 Å². The standard InChI is InChI=1S/C32H26F2N2O4S/c33-24-11-10-21-23(27(24)34)17-41-26-9-5-4-8-22(26)28(21)36-18-32(31(39)29-30(38)25(37)12-13-35(29)36)14-20(32)16-40-15-19-6-2-1-3-7-19/h1-13,20,28,38H,14-18H2. The van der Waals surface area contributed by atoms with Crippen LogP contribution < -0.4 is 10.4 Å². The third-order valence-corrected chi connectivity index (χ3v) is 9.63. The molecule has 1 spiro atoms. The van der Waals surface area contributed by atoms with Gasteiger partial charge in [-0.25, -0.2) is 8.78 Å². The topological polar surface area (TPSA) is 71.8 Å². The summed E-state index contributed by atoms with van der Waals surface area (Å²) in [5, 5.41) is 12.8. The molecule has 3 aliphatic rings. The van der Waals surface area contributed by atoms with Gasteiger partial charge in [-0.15, -0.1) is 11.8 Å². The summed E-state index contributed by atoms with van der Waals surface area (Å²) in [6, 6.07) is 20.8. The van der Waals surface area contributed by atoms with Gasteiger partial charge >= 0.3 is 0 Å².